The van der Waals surface area contributed by atoms with Crippen LogP contribution in [0.1, 0.15) is 13.8 Å². The Morgan fingerprint density at radius 2 is 2.00 bits per heavy atom. The Bertz CT molecular complexity index is 178. The fourth-order valence-electron chi connectivity index (χ4n) is 1.18. The van der Waals surface area contributed by atoms with Gasteiger partial charge in [0.25, 0.3) is 0 Å². The summed E-state index contributed by atoms with van der Waals surface area (Å²) in [5.74, 6) is 0. The van der Waals surface area contributed by atoms with Gasteiger partial charge in [-0.05, 0) is 13.8 Å². The molecule has 0 unspecified atom stereocenters. The summed E-state index contributed by atoms with van der Waals surface area (Å²) < 4.78 is 36.5. The minimum atomic E-state index is -4.12. The van der Waals surface area contributed by atoms with E-state index in [4.69, 9.17) is 0 Å². The lowest BCUT2D eigenvalue weighted by Gasteiger charge is -2.27. The van der Waals surface area contributed by atoms with Gasteiger partial charge in [-0.3, -0.25) is 4.90 Å². The molecule has 5 heteroatoms. The number of nitrogens with one attached hydrogen (secondary N) is 1. The van der Waals surface area contributed by atoms with E-state index < -0.39 is 12.7 Å². The third-order valence-corrected chi connectivity index (χ3v) is 1.98. The van der Waals surface area contributed by atoms with Crippen LogP contribution in [-0.2, 0) is 0 Å². The monoisotopic (exact) mass is 224 g/mol. The van der Waals surface area contributed by atoms with Gasteiger partial charge in [-0.15, -0.1) is 6.58 Å². The Kier molecular flexibility index (Phi) is 6.60. The van der Waals surface area contributed by atoms with Crippen LogP contribution in [0.15, 0.2) is 12.7 Å². The normalized spacial score (nSPS) is 12.5. The summed E-state index contributed by atoms with van der Waals surface area (Å²) in [4.78, 5) is 1.40. The lowest BCUT2D eigenvalue weighted by Crippen LogP contribution is -2.42. The molecule has 0 bridgehead atoms. The van der Waals surface area contributed by atoms with Crippen molar-refractivity contribution in [2.24, 2.45) is 0 Å². The van der Waals surface area contributed by atoms with Gasteiger partial charge >= 0.3 is 6.18 Å². The maximum Gasteiger partial charge on any atom is 0.401 e. The third kappa shape index (κ3) is 8.44. The van der Waals surface area contributed by atoms with Crippen LogP contribution in [0.25, 0.3) is 0 Å². The predicted octanol–water partition coefficient (Wildman–Crippen LogP) is 2.03. The molecule has 0 aromatic carbocycles. The minimum Gasteiger partial charge on any atom is -0.312 e. The van der Waals surface area contributed by atoms with Crippen LogP contribution in [0.2, 0.25) is 0 Å². The highest BCUT2D eigenvalue weighted by atomic mass is 19.4. The van der Waals surface area contributed by atoms with Gasteiger partial charge in [0.05, 0.1) is 6.54 Å². The van der Waals surface area contributed by atoms with Gasteiger partial charge < -0.3 is 5.32 Å². The summed E-state index contributed by atoms with van der Waals surface area (Å²) in [5.41, 5.74) is 0. The summed E-state index contributed by atoms with van der Waals surface area (Å²) in [5, 5.41) is 2.98. The molecule has 0 aromatic rings. The summed E-state index contributed by atoms with van der Waals surface area (Å²) in [6.45, 7) is 7.75. The molecule has 2 nitrogen and oxygen atoms in total. The van der Waals surface area contributed by atoms with E-state index in [0.29, 0.717) is 19.6 Å². The van der Waals surface area contributed by atoms with Crippen molar-refractivity contribution in [1.29, 1.82) is 0 Å². The van der Waals surface area contributed by atoms with Gasteiger partial charge in [0.1, 0.15) is 0 Å². The predicted molar refractivity (Wildman–Crippen MR) is 55.8 cm³/mol. The zero-order valence-corrected chi connectivity index (χ0v) is 9.27. The highest BCUT2D eigenvalue weighted by Gasteiger charge is 2.31. The van der Waals surface area contributed by atoms with E-state index >= 15 is 0 Å². The van der Waals surface area contributed by atoms with Gasteiger partial charge in [-0.1, -0.05) is 6.08 Å². The Hall–Kier alpha value is -0.550. The van der Waals surface area contributed by atoms with Crippen molar-refractivity contribution < 1.29 is 13.2 Å². The summed E-state index contributed by atoms with van der Waals surface area (Å²) in [6, 6.07) is -0.0999. The molecule has 90 valence electrons. The lowest BCUT2D eigenvalue weighted by molar-refractivity contribution is -0.149. The molecule has 0 radical (unpaired) electrons. The minimum absolute atomic E-state index is 0.0999. The van der Waals surface area contributed by atoms with Crippen molar-refractivity contribution in [3.8, 4) is 0 Å². The van der Waals surface area contributed by atoms with E-state index in [-0.39, 0.29) is 6.04 Å². The van der Waals surface area contributed by atoms with Gasteiger partial charge in [0.15, 0.2) is 0 Å². The molecular weight excluding hydrogens is 205 g/mol. The molecule has 1 N–H and O–H groups in total. The fraction of sp³-hybridized carbons (Fsp3) is 0.800. The van der Waals surface area contributed by atoms with Crippen molar-refractivity contribution in [3.05, 3.63) is 12.7 Å². The highest BCUT2D eigenvalue weighted by molar-refractivity contribution is 4.72. The van der Waals surface area contributed by atoms with Gasteiger partial charge in [-0.25, -0.2) is 0 Å². The van der Waals surface area contributed by atoms with Crippen LogP contribution in [-0.4, -0.2) is 43.3 Å². The molecule has 0 fully saturated rings. The second-order valence-corrected chi connectivity index (χ2v) is 3.67. The van der Waals surface area contributed by atoms with E-state index in [1.807, 2.05) is 0 Å². The van der Waals surface area contributed by atoms with Crippen molar-refractivity contribution in [3.63, 3.8) is 0 Å². The third-order valence-electron chi connectivity index (χ3n) is 1.98. The van der Waals surface area contributed by atoms with E-state index in [1.165, 1.54) is 4.90 Å². The van der Waals surface area contributed by atoms with Crippen LogP contribution in [0, 0.1) is 0 Å². The van der Waals surface area contributed by atoms with Gasteiger partial charge in [0.2, 0.25) is 0 Å². The van der Waals surface area contributed by atoms with Crippen LogP contribution >= 0.6 is 0 Å². The molecule has 0 saturated carbocycles. The van der Waals surface area contributed by atoms with E-state index in [0.717, 1.165) is 0 Å². The topological polar surface area (TPSA) is 15.3 Å². The summed E-state index contributed by atoms with van der Waals surface area (Å²) >= 11 is 0. The van der Waals surface area contributed by atoms with Crippen LogP contribution in [0.5, 0.6) is 0 Å². The van der Waals surface area contributed by atoms with Gasteiger partial charge in [0, 0.05) is 25.7 Å². The lowest BCUT2D eigenvalue weighted by atomic mass is 10.3. The standard InChI is InChI=1S/C10H19F3N2/c1-4-5-14-6-7-15(9(2)3)8-10(11,12)13/h4,9,14H,1,5-8H2,2-3H3. The molecule has 0 aliphatic carbocycles. The molecule has 0 aromatic heterocycles. The van der Waals surface area contributed by atoms with Crippen molar-refractivity contribution in [1.82, 2.24) is 10.2 Å². The molecule has 0 spiro atoms. The molecule has 0 atom stereocenters. The summed E-state index contributed by atoms with van der Waals surface area (Å²) in [7, 11) is 0. The average Bonchev–Trinajstić information content (AvgIpc) is 2.08. The Morgan fingerprint density at radius 1 is 1.40 bits per heavy atom. The Morgan fingerprint density at radius 3 is 2.40 bits per heavy atom. The van der Waals surface area contributed by atoms with Crippen LogP contribution < -0.4 is 5.32 Å². The molecule has 0 saturated heterocycles. The first kappa shape index (κ1) is 14.5. The number of hydrogen-bond donors (Lipinski definition) is 1. The largest absolute Gasteiger partial charge is 0.401 e. The van der Waals surface area contributed by atoms with Crippen molar-refractivity contribution >= 4 is 0 Å². The molecule has 0 heterocycles. The van der Waals surface area contributed by atoms with Crippen molar-refractivity contribution in [2.45, 2.75) is 26.1 Å². The number of alkyl halides is 3. The average molecular weight is 224 g/mol. The van der Waals surface area contributed by atoms with Crippen molar-refractivity contribution in [2.75, 3.05) is 26.2 Å². The molecule has 0 aliphatic heterocycles. The maximum atomic E-state index is 12.2. The van der Waals surface area contributed by atoms with Crippen LogP contribution in [0.3, 0.4) is 0 Å². The Labute approximate surface area is 89.1 Å². The second-order valence-electron chi connectivity index (χ2n) is 3.67. The maximum absolute atomic E-state index is 12.2. The molecular formula is C10H19F3N2. The van der Waals surface area contributed by atoms with Gasteiger partial charge in [-0.2, -0.15) is 13.2 Å². The smallest absolute Gasteiger partial charge is 0.312 e. The Balaban J connectivity index is 3.89. The highest BCUT2D eigenvalue weighted by Crippen LogP contribution is 2.17. The second kappa shape index (κ2) is 6.85. The zero-order valence-electron chi connectivity index (χ0n) is 9.27. The molecule has 0 aliphatic rings. The van der Waals surface area contributed by atoms with E-state index in [1.54, 1.807) is 19.9 Å². The number of nitrogens with zero attached hydrogens (tertiary/aromatic N) is 1. The first-order chi connectivity index (χ1) is 6.87. The SMILES string of the molecule is C=CCNCCN(CC(F)(F)F)C(C)C. The summed E-state index contributed by atoms with van der Waals surface area (Å²) in [6.07, 6.45) is -2.44. The number of hydrogen-bond acceptors (Lipinski definition) is 2. The number of halogens is 3. The fourth-order valence-corrected chi connectivity index (χ4v) is 1.18. The molecule has 15 heavy (non-hydrogen) atoms. The first-order valence-electron chi connectivity index (χ1n) is 4.99. The molecule has 0 amide bonds. The molecule has 0 rings (SSSR count). The van der Waals surface area contributed by atoms with Crippen LogP contribution in [0.4, 0.5) is 13.2 Å². The van der Waals surface area contributed by atoms with E-state index in [2.05, 4.69) is 11.9 Å². The number of rotatable bonds is 7. The quantitative estimate of drug-likeness (QED) is 0.526. The first-order valence-corrected chi connectivity index (χ1v) is 4.99. The van der Waals surface area contributed by atoms with E-state index in [9.17, 15) is 13.2 Å². The zero-order chi connectivity index (χ0) is 11.9.